The number of hydrogen-bond donors (Lipinski definition) is 0. The highest BCUT2D eigenvalue weighted by atomic mass is 32.1. The zero-order chi connectivity index (χ0) is 18.4. The smallest absolute Gasteiger partial charge is 0.309 e. The molecule has 0 saturated carbocycles. The number of amides is 1. The molecule has 7 heteroatoms. The van der Waals surface area contributed by atoms with Gasteiger partial charge in [-0.2, -0.15) is 0 Å². The van der Waals surface area contributed by atoms with Crippen molar-refractivity contribution in [3.8, 4) is 0 Å². The largest absolute Gasteiger partial charge is 0.466 e. The second kappa shape index (κ2) is 9.48. The normalized spacial score (nSPS) is 20.3. The van der Waals surface area contributed by atoms with Crippen LogP contribution in [0.1, 0.15) is 24.6 Å². The average Bonchev–Trinajstić information content (AvgIpc) is 3.16. The molecule has 2 aliphatic heterocycles. The molecule has 3 heterocycles. The SMILES string of the molecule is CCOC(=O)C1CCN(CC(=O)N2CCN(Cc3cccs3)CC2)CC1. The standard InChI is InChI=1S/C19H29N3O3S/c1-2-25-19(24)16-5-7-20(8-6-16)15-18(23)22-11-9-21(10-12-22)14-17-4-3-13-26-17/h3-4,13,16H,2,5-12,14-15H2,1H3. The van der Waals surface area contributed by atoms with Crippen LogP contribution >= 0.6 is 11.3 Å². The van der Waals surface area contributed by atoms with Crippen LogP contribution in [0.4, 0.5) is 0 Å². The van der Waals surface area contributed by atoms with Crippen molar-refractivity contribution < 1.29 is 14.3 Å². The number of ether oxygens (including phenoxy) is 1. The molecule has 2 aliphatic rings. The van der Waals surface area contributed by atoms with Crippen LogP contribution in [0.15, 0.2) is 17.5 Å². The maximum Gasteiger partial charge on any atom is 0.309 e. The molecule has 0 aromatic carbocycles. The number of piperazine rings is 1. The van der Waals surface area contributed by atoms with Gasteiger partial charge in [0.15, 0.2) is 0 Å². The highest BCUT2D eigenvalue weighted by Gasteiger charge is 2.28. The van der Waals surface area contributed by atoms with Gasteiger partial charge in [-0.25, -0.2) is 0 Å². The molecule has 0 bridgehead atoms. The highest BCUT2D eigenvalue weighted by Crippen LogP contribution is 2.19. The fraction of sp³-hybridized carbons (Fsp3) is 0.684. The lowest BCUT2D eigenvalue weighted by molar-refractivity contribution is -0.149. The van der Waals surface area contributed by atoms with Gasteiger partial charge in [-0.15, -0.1) is 11.3 Å². The Balaban J connectivity index is 1.36. The lowest BCUT2D eigenvalue weighted by Crippen LogP contribution is -2.51. The Morgan fingerprint density at radius 2 is 1.85 bits per heavy atom. The van der Waals surface area contributed by atoms with Gasteiger partial charge in [0.1, 0.15) is 0 Å². The third kappa shape index (κ3) is 5.28. The second-order valence-electron chi connectivity index (χ2n) is 7.04. The van der Waals surface area contributed by atoms with Crippen LogP contribution in [0.2, 0.25) is 0 Å². The zero-order valence-corrected chi connectivity index (χ0v) is 16.4. The van der Waals surface area contributed by atoms with Gasteiger partial charge in [0, 0.05) is 37.6 Å². The monoisotopic (exact) mass is 379 g/mol. The van der Waals surface area contributed by atoms with Crippen molar-refractivity contribution in [1.82, 2.24) is 14.7 Å². The average molecular weight is 380 g/mol. The first kappa shape index (κ1) is 19.3. The van der Waals surface area contributed by atoms with Crippen molar-refractivity contribution in [2.45, 2.75) is 26.3 Å². The van der Waals surface area contributed by atoms with Gasteiger partial charge >= 0.3 is 5.97 Å². The van der Waals surface area contributed by atoms with Crippen molar-refractivity contribution in [1.29, 1.82) is 0 Å². The third-order valence-electron chi connectivity index (χ3n) is 5.25. The number of rotatable bonds is 6. The van der Waals surface area contributed by atoms with E-state index in [1.807, 2.05) is 11.8 Å². The van der Waals surface area contributed by atoms with Crippen LogP contribution in [0.5, 0.6) is 0 Å². The van der Waals surface area contributed by atoms with Crippen molar-refractivity contribution >= 4 is 23.2 Å². The maximum absolute atomic E-state index is 12.6. The highest BCUT2D eigenvalue weighted by molar-refractivity contribution is 7.09. The van der Waals surface area contributed by atoms with E-state index in [1.54, 1.807) is 11.3 Å². The van der Waals surface area contributed by atoms with Crippen LogP contribution in [-0.4, -0.2) is 79.0 Å². The van der Waals surface area contributed by atoms with Crippen LogP contribution in [0, 0.1) is 5.92 Å². The Morgan fingerprint density at radius 1 is 1.12 bits per heavy atom. The quantitative estimate of drug-likeness (QED) is 0.704. The summed E-state index contributed by atoms with van der Waals surface area (Å²) in [7, 11) is 0. The molecule has 1 aromatic heterocycles. The molecule has 0 atom stereocenters. The summed E-state index contributed by atoms with van der Waals surface area (Å²) >= 11 is 1.79. The Kier molecular flexibility index (Phi) is 7.05. The van der Waals surface area contributed by atoms with E-state index in [1.165, 1.54) is 4.88 Å². The summed E-state index contributed by atoms with van der Waals surface area (Å²) < 4.78 is 5.10. The molecular formula is C19H29N3O3S. The molecule has 0 radical (unpaired) electrons. The van der Waals surface area contributed by atoms with Gasteiger partial charge in [-0.3, -0.25) is 19.4 Å². The first-order valence-corrected chi connectivity index (χ1v) is 10.4. The van der Waals surface area contributed by atoms with Crippen molar-refractivity contribution in [3.63, 3.8) is 0 Å². The predicted molar refractivity (Wildman–Crippen MR) is 102 cm³/mol. The van der Waals surface area contributed by atoms with E-state index in [0.717, 1.165) is 58.7 Å². The number of esters is 1. The Hall–Kier alpha value is -1.44. The minimum atomic E-state index is -0.0830. The molecule has 6 nitrogen and oxygen atoms in total. The molecule has 0 spiro atoms. The predicted octanol–water partition coefficient (Wildman–Crippen LogP) is 1.67. The fourth-order valence-electron chi connectivity index (χ4n) is 3.66. The van der Waals surface area contributed by atoms with Gasteiger partial charge < -0.3 is 9.64 Å². The number of carbonyl (C=O) groups excluding carboxylic acids is 2. The summed E-state index contributed by atoms with van der Waals surface area (Å²) in [6, 6.07) is 4.26. The zero-order valence-electron chi connectivity index (χ0n) is 15.6. The number of piperidine rings is 1. The topological polar surface area (TPSA) is 53.1 Å². The van der Waals surface area contributed by atoms with E-state index >= 15 is 0 Å². The van der Waals surface area contributed by atoms with E-state index in [-0.39, 0.29) is 17.8 Å². The van der Waals surface area contributed by atoms with Crippen molar-refractivity contribution in [2.75, 3.05) is 52.4 Å². The van der Waals surface area contributed by atoms with Gasteiger partial charge in [0.2, 0.25) is 5.91 Å². The second-order valence-corrected chi connectivity index (χ2v) is 8.07. The molecule has 2 fully saturated rings. The number of hydrogen-bond acceptors (Lipinski definition) is 6. The molecule has 0 unspecified atom stereocenters. The summed E-state index contributed by atoms with van der Waals surface area (Å²) in [6.07, 6.45) is 1.58. The molecule has 2 saturated heterocycles. The Morgan fingerprint density at radius 3 is 2.46 bits per heavy atom. The van der Waals surface area contributed by atoms with Crippen molar-refractivity contribution in [2.24, 2.45) is 5.92 Å². The molecule has 26 heavy (non-hydrogen) atoms. The van der Waals surface area contributed by atoms with E-state index in [4.69, 9.17) is 4.74 Å². The Labute approximate surface area is 159 Å². The van der Waals surface area contributed by atoms with E-state index in [2.05, 4.69) is 27.3 Å². The van der Waals surface area contributed by atoms with Crippen LogP contribution in [0.25, 0.3) is 0 Å². The van der Waals surface area contributed by atoms with Crippen LogP contribution in [-0.2, 0) is 20.9 Å². The van der Waals surface area contributed by atoms with Crippen LogP contribution in [0.3, 0.4) is 0 Å². The fourth-order valence-corrected chi connectivity index (χ4v) is 4.40. The summed E-state index contributed by atoms with van der Waals surface area (Å²) in [5.74, 6) is 0.137. The lowest BCUT2D eigenvalue weighted by Gasteiger charge is -2.36. The molecule has 0 N–H and O–H groups in total. The number of carbonyl (C=O) groups is 2. The van der Waals surface area contributed by atoms with Crippen molar-refractivity contribution in [3.05, 3.63) is 22.4 Å². The Bertz CT molecular complexity index is 577. The van der Waals surface area contributed by atoms with Crippen LogP contribution < -0.4 is 0 Å². The third-order valence-corrected chi connectivity index (χ3v) is 6.11. The van der Waals surface area contributed by atoms with E-state index < -0.39 is 0 Å². The number of thiophene rings is 1. The molecule has 3 rings (SSSR count). The number of likely N-dealkylation sites (tertiary alicyclic amines) is 1. The molecule has 0 aliphatic carbocycles. The minimum Gasteiger partial charge on any atom is -0.466 e. The first-order chi connectivity index (χ1) is 12.7. The van der Waals surface area contributed by atoms with Gasteiger partial charge in [0.05, 0.1) is 19.1 Å². The van der Waals surface area contributed by atoms with E-state index in [9.17, 15) is 9.59 Å². The summed E-state index contributed by atoms with van der Waals surface area (Å²) in [5, 5.41) is 2.11. The molecule has 1 aromatic rings. The molecule has 144 valence electrons. The van der Waals surface area contributed by atoms with E-state index in [0.29, 0.717) is 13.2 Å². The van der Waals surface area contributed by atoms with Gasteiger partial charge in [-0.05, 0) is 44.3 Å². The number of nitrogens with zero attached hydrogens (tertiary/aromatic N) is 3. The summed E-state index contributed by atoms with van der Waals surface area (Å²) in [6.45, 7) is 8.83. The summed E-state index contributed by atoms with van der Waals surface area (Å²) in [4.78, 5) is 32.3. The lowest BCUT2D eigenvalue weighted by atomic mass is 9.97. The van der Waals surface area contributed by atoms with Gasteiger partial charge in [-0.1, -0.05) is 6.07 Å². The molecule has 1 amide bonds. The maximum atomic E-state index is 12.6. The van der Waals surface area contributed by atoms with Gasteiger partial charge in [0.25, 0.3) is 0 Å². The minimum absolute atomic E-state index is 0.00194. The first-order valence-electron chi connectivity index (χ1n) is 9.57. The molecular weight excluding hydrogens is 350 g/mol. The summed E-state index contributed by atoms with van der Waals surface area (Å²) in [5.41, 5.74) is 0.